The molecule has 0 spiro atoms. The Labute approximate surface area is 87.1 Å². The van der Waals surface area contributed by atoms with E-state index in [4.69, 9.17) is 5.73 Å². The lowest BCUT2D eigenvalue weighted by atomic mass is 9.72. The zero-order chi connectivity index (χ0) is 11.2. The van der Waals surface area contributed by atoms with Gasteiger partial charge in [-0.15, -0.1) is 0 Å². The van der Waals surface area contributed by atoms with Crippen LogP contribution in [0.4, 0.5) is 0 Å². The van der Waals surface area contributed by atoms with Gasteiger partial charge in [0.25, 0.3) is 0 Å². The predicted octanol–water partition coefficient (Wildman–Crippen LogP) is 1.21. The zero-order valence-electron chi connectivity index (χ0n) is 10.0. The molecule has 1 atom stereocenters. The Morgan fingerprint density at radius 2 is 1.57 bits per heavy atom. The molecule has 0 saturated carbocycles. The summed E-state index contributed by atoms with van der Waals surface area (Å²) in [7, 11) is 0. The molecule has 4 N–H and O–H groups in total. The Balaban J connectivity index is 2.82. The lowest BCUT2D eigenvalue weighted by Gasteiger charge is -2.49. The molecule has 3 heteroatoms. The van der Waals surface area contributed by atoms with Gasteiger partial charge in [0.15, 0.2) is 0 Å². The molecule has 1 aliphatic rings. The minimum Gasteiger partial charge on any atom is -0.376 e. The van der Waals surface area contributed by atoms with E-state index >= 15 is 0 Å². The second kappa shape index (κ2) is 3.19. The molecule has 1 aliphatic heterocycles. The number of nitrogens with one attached hydrogen (secondary N) is 1. The first-order valence-corrected chi connectivity index (χ1v) is 5.32. The van der Waals surface area contributed by atoms with E-state index in [9.17, 15) is 5.11 Å². The number of rotatable bonds is 1. The van der Waals surface area contributed by atoms with Gasteiger partial charge in [0.05, 0.1) is 0 Å². The Morgan fingerprint density at radius 1 is 1.21 bits per heavy atom. The molecule has 3 nitrogen and oxygen atoms in total. The van der Waals surface area contributed by atoms with Crippen molar-refractivity contribution in [1.29, 1.82) is 0 Å². The van der Waals surface area contributed by atoms with Gasteiger partial charge >= 0.3 is 0 Å². The minimum atomic E-state index is -1.06. The van der Waals surface area contributed by atoms with Crippen LogP contribution in [-0.2, 0) is 0 Å². The highest BCUT2D eigenvalue weighted by molar-refractivity contribution is 5.00. The fourth-order valence-corrected chi connectivity index (χ4v) is 2.74. The van der Waals surface area contributed by atoms with Crippen LogP contribution in [0.3, 0.4) is 0 Å². The standard InChI is InChI=1S/C11H24N2O/c1-9(2)6-8(11(5,12)14)7-10(3,4)13-9/h8,13-14H,6-7,12H2,1-5H3. The maximum Gasteiger partial charge on any atom is 0.113 e. The maximum atomic E-state index is 9.86. The highest BCUT2D eigenvalue weighted by Crippen LogP contribution is 2.36. The van der Waals surface area contributed by atoms with Gasteiger partial charge in [0, 0.05) is 17.0 Å². The first kappa shape index (κ1) is 12.0. The number of aliphatic hydroxyl groups is 1. The zero-order valence-corrected chi connectivity index (χ0v) is 10.0. The van der Waals surface area contributed by atoms with Gasteiger partial charge in [-0.1, -0.05) is 0 Å². The van der Waals surface area contributed by atoms with Gasteiger partial charge in [0.1, 0.15) is 5.72 Å². The molecule has 0 aliphatic carbocycles. The summed E-state index contributed by atoms with van der Waals surface area (Å²) < 4.78 is 0. The van der Waals surface area contributed by atoms with Crippen molar-refractivity contribution < 1.29 is 5.11 Å². The van der Waals surface area contributed by atoms with Gasteiger partial charge < -0.3 is 16.2 Å². The molecule has 14 heavy (non-hydrogen) atoms. The van der Waals surface area contributed by atoms with Crippen molar-refractivity contribution in [2.24, 2.45) is 11.7 Å². The Bertz CT molecular complexity index is 200. The summed E-state index contributed by atoms with van der Waals surface area (Å²) in [6.45, 7) is 10.3. The predicted molar refractivity (Wildman–Crippen MR) is 58.8 cm³/mol. The van der Waals surface area contributed by atoms with Crippen molar-refractivity contribution in [3.63, 3.8) is 0 Å². The van der Waals surface area contributed by atoms with E-state index in [2.05, 4.69) is 33.0 Å². The van der Waals surface area contributed by atoms with Gasteiger partial charge in [-0.2, -0.15) is 0 Å². The van der Waals surface area contributed by atoms with E-state index in [-0.39, 0.29) is 17.0 Å². The largest absolute Gasteiger partial charge is 0.376 e. The lowest BCUT2D eigenvalue weighted by Crippen LogP contribution is -2.62. The van der Waals surface area contributed by atoms with Gasteiger partial charge in [0.2, 0.25) is 0 Å². The number of hydrogen-bond acceptors (Lipinski definition) is 3. The molecule has 1 unspecified atom stereocenters. The molecular formula is C11H24N2O. The molecule has 84 valence electrons. The summed E-state index contributed by atoms with van der Waals surface area (Å²) in [5.74, 6) is 0.161. The van der Waals surface area contributed by atoms with Crippen LogP contribution < -0.4 is 11.1 Å². The molecular weight excluding hydrogens is 176 g/mol. The van der Waals surface area contributed by atoms with Crippen LogP contribution in [0.25, 0.3) is 0 Å². The molecule has 0 bridgehead atoms. The van der Waals surface area contributed by atoms with E-state index in [1.54, 1.807) is 6.92 Å². The van der Waals surface area contributed by atoms with Crippen LogP contribution in [0.5, 0.6) is 0 Å². The number of nitrogens with two attached hydrogens (primary N) is 1. The Hall–Kier alpha value is -0.120. The van der Waals surface area contributed by atoms with Crippen LogP contribution in [0, 0.1) is 5.92 Å². The molecule has 1 rings (SSSR count). The topological polar surface area (TPSA) is 58.3 Å². The van der Waals surface area contributed by atoms with Crippen molar-refractivity contribution in [3.05, 3.63) is 0 Å². The normalized spacial score (nSPS) is 31.1. The molecule has 0 amide bonds. The van der Waals surface area contributed by atoms with E-state index in [0.717, 1.165) is 12.8 Å². The fourth-order valence-electron chi connectivity index (χ4n) is 2.74. The van der Waals surface area contributed by atoms with Gasteiger partial charge in [-0.05, 0) is 47.5 Å². The maximum absolute atomic E-state index is 9.86. The van der Waals surface area contributed by atoms with Crippen molar-refractivity contribution in [3.8, 4) is 0 Å². The van der Waals surface area contributed by atoms with E-state index < -0.39 is 5.72 Å². The summed E-state index contributed by atoms with van der Waals surface area (Å²) in [5.41, 5.74) is 4.82. The second-order valence-electron chi connectivity index (χ2n) is 6.22. The third-order valence-electron chi connectivity index (χ3n) is 3.02. The van der Waals surface area contributed by atoms with Crippen molar-refractivity contribution in [2.45, 2.75) is 64.3 Å². The highest BCUT2D eigenvalue weighted by atomic mass is 16.3. The molecule has 0 aromatic heterocycles. The molecule has 0 aromatic carbocycles. The van der Waals surface area contributed by atoms with E-state index in [1.807, 2.05) is 0 Å². The summed E-state index contributed by atoms with van der Waals surface area (Å²) in [6, 6.07) is 0. The summed E-state index contributed by atoms with van der Waals surface area (Å²) in [6.07, 6.45) is 1.83. The quantitative estimate of drug-likeness (QED) is 0.558. The molecule has 1 heterocycles. The van der Waals surface area contributed by atoms with Crippen LogP contribution in [-0.4, -0.2) is 21.9 Å². The second-order valence-corrected chi connectivity index (χ2v) is 6.22. The fraction of sp³-hybridized carbons (Fsp3) is 1.00. The smallest absolute Gasteiger partial charge is 0.113 e. The third kappa shape index (κ3) is 2.94. The molecule has 1 fully saturated rings. The van der Waals surface area contributed by atoms with Crippen molar-refractivity contribution >= 4 is 0 Å². The van der Waals surface area contributed by atoms with Crippen LogP contribution in [0.2, 0.25) is 0 Å². The minimum absolute atomic E-state index is 0.0514. The average Bonchev–Trinajstić information content (AvgIpc) is 1.76. The van der Waals surface area contributed by atoms with Crippen LogP contribution in [0.15, 0.2) is 0 Å². The van der Waals surface area contributed by atoms with Crippen LogP contribution >= 0.6 is 0 Å². The number of piperidine rings is 1. The first-order chi connectivity index (χ1) is 6.02. The van der Waals surface area contributed by atoms with Crippen molar-refractivity contribution in [1.82, 2.24) is 5.32 Å². The summed E-state index contributed by atoms with van der Waals surface area (Å²) in [5, 5.41) is 13.4. The SMILES string of the molecule is CC1(C)CC(C(C)(N)O)CC(C)(C)N1. The Kier molecular flexibility index (Phi) is 2.72. The average molecular weight is 200 g/mol. The molecule has 1 saturated heterocycles. The van der Waals surface area contributed by atoms with Gasteiger partial charge in [-0.3, -0.25) is 0 Å². The van der Waals surface area contributed by atoms with Gasteiger partial charge in [-0.25, -0.2) is 0 Å². The Morgan fingerprint density at radius 3 is 1.86 bits per heavy atom. The highest BCUT2D eigenvalue weighted by Gasteiger charge is 2.43. The molecule has 0 aromatic rings. The monoisotopic (exact) mass is 200 g/mol. The van der Waals surface area contributed by atoms with E-state index in [0.29, 0.717) is 0 Å². The number of hydrogen-bond donors (Lipinski definition) is 3. The van der Waals surface area contributed by atoms with Crippen molar-refractivity contribution in [2.75, 3.05) is 0 Å². The third-order valence-corrected chi connectivity index (χ3v) is 3.02. The summed E-state index contributed by atoms with van der Waals surface area (Å²) in [4.78, 5) is 0. The van der Waals surface area contributed by atoms with Crippen LogP contribution in [0.1, 0.15) is 47.5 Å². The van der Waals surface area contributed by atoms with E-state index in [1.165, 1.54) is 0 Å². The summed E-state index contributed by atoms with van der Waals surface area (Å²) >= 11 is 0. The molecule has 0 radical (unpaired) electrons. The lowest BCUT2D eigenvalue weighted by molar-refractivity contribution is -0.0439. The first-order valence-electron chi connectivity index (χ1n) is 5.32.